The lowest BCUT2D eigenvalue weighted by Crippen LogP contribution is -2.27. The van der Waals surface area contributed by atoms with E-state index in [1.54, 1.807) is 20.3 Å². The van der Waals surface area contributed by atoms with Crippen molar-refractivity contribution in [2.75, 3.05) is 27.4 Å². The summed E-state index contributed by atoms with van der Waals surface area (Å²) in [4.78, 5) is 17.1. The second-order valence-corrected chi connectivity index (χ2v) is 4.05. The third kappa shape index (κ3) is 2.73. The number of benzene rings is 1. The van der Waals surface area contributed by atoms with Gasteiger partial charge in [-0.15, -0.1) is 0 Å². The quantitative estimate of drug-likeness (QED) is 0.811. The van der Waals surface area contributed by atoms with Gasteiger partial charge in [0.05, 0.1) is 33.8 Å². The summed E-state index contributed by atoms with van der Waals surface area (Å²) >= 11 is 0. The predicted molar refractivity (Wildman–Crippen MR) is 65.5 cm³/mol. The van der Waals surface area contributed by atoms with Crippen LogP contribution in [-0.4, -0.2) is 38.3 Å². The minimum absolute atomic E-state index is 0.0280. The van der Waals surface area contributed by atoms with Crippen LogP contribution in [-0.2, 0) is 16.1 Å². The molecule has 1 aromatic rings. The lowest BCUT2D eigenvalue weighted by Gasteiger charge is -2.14. The molecule has 0 unspecified atom stereocenters. The molecule has 5 heteroatoms. The number of carbonyl (C=O) groups is 1. The highest BCUT2D eigenvalue weighted by molar-refractivity contribution is 5.78. The van der Waals surface area contributed by atoms with E-state index in [1.807, 2.05) is 12.1 Å². The number of ether oxygens (including phenoxy) is 2. The van der Waals surface area contributed by atoms with Crippen molar-refractivity contribution in [2.24, 2.45) is 0 Å². The van der Waals surface area contributed by atoms with Crippen LogP contribution in [0.25, 0.3) is 0 Å². The van der Waals surface area contributed by atoms with Gasteiger partial charge in [0, 0.05) is 0 Å². The van der Waals surface area contributed by atoms with Crippen molar-refractivity contribution in [3.05, 3.63) is 23.8 Å². The topological polar surface area (TPSA) is 48.0 Å². The van der Waals surface area contributed by atoms with Crippen LogP contribution in [0.4, 0.5) is 0 Å². The lowest BCUT2D eigenvalue weighted by molar-refractivity contribution is -0.167. The van der Waals surface area contributed by atoms with E-state index in [0.29, 0.717) is 31.1 Å². The van der Waals surface area contributed by atoms with Gasteiger partial charge in [-0.3, -0.25) is 9.63 Å². The normalized spacial score (nSPS) is 14.7. The first-order valence-corrected chi connectivity index (χ1v) is 5.89. The van der Waals surface area contributed by atoms with Crippen LogP contribution in [0.15, 0.2) is 18.2 Å². The van der Waals surface area contributed by atoms with Crippen LogP contribution < -0.4 is 9.47 Å². The van der Waals surface area contributed by atoms with Gasteiger partial charge in [-0.05, 0) is 24.1 Å². The highest BCUT2D eigenvalue weighted by Crippen LogP contribution is 2.27. The van der Waals surface area contributed by atoms with E-state index in [0.717, 1.165) is 12.0 Å². The number of nitrogens with zero attached hydrogens (tertiary/aromatic N) is 1. The number of hydrogen-bond donors (Lipinski definition) is 0. The van der Waals surface area contributed by atoms with Crippen molar-refractivity contribution in [1.29, 1.82) is 0 Å². The molecule has 0 aromatic heterocycles. The highest BCUT2D eigenvalue weighted by Gasteiger charge is 2.19. The van der Waals surface area contributed by atoms with Gasteiger partial charge in [-0.25, -0.2) is 5.06 Å². The Morgan fingerprint density at radius 3 is 2.72 bits per heavy atom. The second-order valence-electron chi connectivity index (χ2n) is 4.05. The van der Waals surface area contributed by atoms with E-state index in [2.05, 4.69) is 0 Å². The molecule has 1 fully saturated rings. The number of hydroxylamine groups is 2. The van der Waals surface area contributed by atoms with Crippen LogP contribution in [0.3, 0.4) is 0 Å². The molecule has 1 aliphatic rings. The van der Waals surface area contributed by atoms with Gasteiger partial charge in [0.25, 0.3) is 5.91 Å². The molecule has 1 heterocycles. The maximum absolute atomic E-state index is 11.9. The van der Waals surface area contributed by atoms with Crippen molar-refractivity contribution in [3.8, 4) is 11.5 Å². The third-order valence-corrected chi connectivity index (χ3v) is 2.83. The van der Waals surface area contributed by atoms with Gasteiger partial charge in [-0.1, -0.05) is 6.07 Å². The molecule has 98 valence electrons. The smallest absolute Gasteiger partial charge is 0.250 e. The van der Waals surface area contributed by atoms with Crippen molar-refractivity contribution < 1.29 is 19.1 Å². The number of amides is 1. The molecule has 18 heavy (non-hydrogen) atoms. The Morgan fingerprint density at radius 2 is 2.11 bits per heavy atom. The summed E-state index contributed by atoms with van der Waals surface area (Å²) in [6.45, 7) is 1.30. The first-order valence-electron chi connectivity index (χ1n) is 5.89. The van der Waals surface area contributed by atoms with Crippen molar-refractivity contribution in [3.63, 3.8) is 0 Å². The molecule has 0 atom stereocenters. The first-order chi connectivity index (χ1) is 8.74. The van der Waals surface area contributed by atoms with Crippen molar-refractivity contribution in [2.45, 2.75) is 12.8 Å². The maximum Gasteiger partial charge on any atom is 0.250 e. The Hall–Kier alpha value is -1.75. The van der Waals surface area contributed by atoms with Crippen LogP contribution in [0.1, 0.15) is 12.0 Å². The zero-order valence-electron chi connectivity index (χ0n) is 10.6. The standard InChI is InChI=1S/C13H17NO4/c1-16-11-5-4-10(8-12(11)17-2)9-13(15)14-6-3-7-18-14/h4-5,8H,3,6-7,9H2,1-2H3. The Balaban J connectivity index is 2.06. The van der Waals surface area contributed by atoms with Crippen LogP contribution >= 0.6 is 0 Å². The maximum atomic E-state index is 11.9. The zero-order chi connectivity index (χ0) is 13.0. The van der Waals surface area contributed by atoms with E-state index in [1.165, 1.54) is 5.06 Å². The summed E-state index contributed by atoms with van der Waals surface area (Å²) in [5.41, 5.74) is 0.883. The molecular formula is C13H17NO4. The third-order valence-electron chi connectivity index (χ3n) is 2.83. The molecule has 2 rings (SSSR count). The van der Waals surface area contributed by atoms with Crippen LogP contribution in [0.5, 0.6) is 11.5 Å². The molecule has 0 aliphatic carbocycles. The fraction of sp³-hybridized carbons (Fsp3) is 0.462. The Kier molecular flexibility index (Phi) is 4.04. The lowest BCUT2D eigenvalue weighted by atomic mass is 10.1. The Labute approximate surface area is 106 Å². The molecule has 0 spiro atoms. The summed E-state index contributed by atoms with van der Waals surface area (Å²) in [6.07, 6.45) is 1.21. The summed E-state index contributed by atoms with van der Waals surface area (Å²) in [7, 11) is 3.16. The summed E-state index contributed by atoms with van der Waals surface area (Å²) in [6, 6.07) is 5.47. The number of methoxy groups -OCH3 is 2. The van der Waals surface area contributed by atoms with Gasteiger partial charge in [0.15, 0.2) is 11.5 Å². The summed E-state index contributed by atoms with van der Waals surface area (Å²) < 4.78 is 10.4. The van der Waals surface area contributed by atoms with Gasteiger partial charge < -0.3 is 9.47 Å². The molecule has 0 N–H and O–H groups in total. The second kappa shape index (κ2) is 5.73. The number of hydrogen-bond acceptors (Lipinski definition) is 4. The monoisotopic (exact) mass is 251 g/mol. The Morgan fingerprint density at radius 1 is 1.33 bits per heavy atom. The number of carbonyl (C=O) groups excluding carboxylic acids is 1. The van der Waals surface area contributed by atoms with Crippen molar-refractivity contribution >= 4 is 5.91 Å². The average Bonchev–Trinajstić information content (AvgIpc) is 2.92. The van der Waals surface area contributed by atoms with E-state index >= 15 is 0 Å². The highest BCUT2D eigenvalue weighted by atomic mass is 16.7. The molecule has 0 radical (unpaired) electrons. The molecule has 0 bridgehead atoms. The van der Waals surface area contributed by atoms with E-state index in [9.17, 15) is 4.79 Å². The minimum Gasteiger partial charge on any atom is -0.493 e. The molecule has 1 aliphatic heterocycles. The SMILES string of the molecule is COc1ccc(CC(=O)N2CCCO2)cc1OC. The molecule has 5 nitrogen and oxygen atoms in total. The van der Waals surface area contributed by atoms with Gasteiger partial charge in [-0.2, -0.15) is 0 Å². The molecule has 0 saturated carbocycles. The van der Waals surface area contributed by atoms with E-state index < -0.39 is 0 Å². The number of rotatable bonds is 4. The molecule has 1 aromatic carbocycles. The van der Waals surface area contributed by atoms with Crippen molar-refractivity contribution in [1.82, 2.24) is 5.06 Å². The Bertz CT molecular complexity index is 427. The molecule has 1 saturated heterocycles. The fourth-order valence-electron chi connectivity index (χ4n) is 1.90. The predicted octanol–water partition coefficient (Wildman–Crippen LogP) is 1.41. The fourth-order valence-corrected chi connectivity index (χ4v) is 1.90. The van der Waals surface area contributed by atoms with E-state index in [4.69, 9.17) is 14.3 Å². The zero-order valence-corrected chi connectivity index (χ0v) is 10.6. The minimum atomic E-state index is -0.0280. The van der Waals surface area contributed by atoms with Crippen LogP contribution in [0.2, 0.25) is 0 Å². The molecule has 1 amide bonds. The van der Waals surface area contributed by atoms with Crippen LogP contribution in [0, 0.1) is 0 Å². The summed E-state index contributed by atoms with van der Waals surface area (Å²) in [5.74, 6) is 1.26. The van der Waals surface area contributed by atoms with Gasteiger partial charge in [0.2, 0.25) is 0 Å². The largest absolute Gasteiger partial charge is 0.493 e. The summed E-state index contributed by atoms with van der Waals surface area (Å²) in [5, 5.41) is 1.43. The van der Waals surface area contributed by atoms with E-state index in [-0.39, 0.29) is 5.91 Å². The van der Waals surface area contributed by atoms with Gasteiger partial charge >= 0.3 is 0 Å². The van der Waals surface area contributed by atoms with Gasteiger partial charge in [0.1, 0.15) is 0 Å². The first kappa shape index (κ1) is 12.7. The average molecular weight is 251 g/mol. The molecular weight excluding hydrogens is 234 g/mol.